The molecule has 1 aromatic carbocycles. The molecule has 0 atom stereocenters. The van der Waals surface area contributed by atoms with Gasteiger partial charge in [0.05, 0.1) is 12.1 Å². The smallest absolute Gasteiger partial charge is 0.226 e. The quantitative estimate of drug-likeness (QED) is 0.685. The molecule has 7 heteroatoms. The van der Waals surface area contributed by atoms with Crippen molar-refractivity contribution in [2.45, 2.75) is 25.8 Å². The highest BCUT2D eigenvalue weighted by atomic mass is 16.2. The van der Waals surface area contributed by atoms with Crippen LogP contribution in [0.25, 0.3) is 5.69 Å². The molecule has 0 bridgehead atoms. The summed E-state index contributed by atoms with van der Waals surface area (Å²) in [5.74, 6) is 0.121. The first-order valence-electron chi connectivity index (χ1n) is 10.2. The van der Waals surface area contributed by atoms with Crippen LogP contribution in [-0.2, 0) is 22.6 Å². The number of nitrogens with one attached hydrogen (secondary N) is 1. The normalized spacial score (nSPS) is 14.5. The summed E-state index contributed by atoms with van der Waals surface area (Å²) in [7, 11) is 0. The van der Waals surface area contributed by atoms with Gasteiger partial charge in [-0.05, 0) is 48.2 Å². The monoisotopic (exact) mass is 403 g/mol. The van der Waals surface area contributed by atoms with Crippen LogP contribution in [0.3, 0.4) is 0 Å². The lowest BCUT2D eigenvalue weighted by Crippen LogP contribution is -2.43. The highest BCUT2D eigenvalue weighted by Gasteiger charge is 2.27. The average Bonchev–Trinajstić information content (AvgIpc) is 3.34. The van der Waals surface area contributed by atoms with Crippen LogP contribution >= 0.6 is 0 Å². The van der Waals surface area contributed by atoms with Crippen LogP contribution in [0.1, 0.15) is 24.0 Å². The van der Waals surface area contributed by atoms with Crippen molar-refractivity contribution in [1.29, 1.82) is 0 Å². The van der Waals surface area contributed by atoms with E-state index in [0.717, 1.165) is 16.8 Å². The Morgan fingerprint density at radius 3 is 2.47 bits per heavy atom. The number of hydrogen-bond donors (Lipinski definition) is 1. The number of aromatic nitrogens is 3. The van der Waals surface area contributed by atoms with Gasteiger partial charge in [0.2, 0.25) is 11.8 Å². The lowest BCUT2D eigenvalue weighted by Gasteiger charge is -2.31. The first-order chi connectivity index (χ1) is 14.7. The average molecular weight is 403 g/mol. The highest BCUT2D eigenvalue weighted by molar-refractivity contribution is 5.81. The summed E-state index contributed by atoms with van der Waals surface area (Å²) in [4.78, 5) is 31.0. The molecule has 0 saturated carbocycles. The molecule has 1 saturated heterocycles. The number of carbonyl (C=O) groups excluding carboxylic acids is 2. The Morgan fingerprint density at radius 2 is 1.80 bits per heavy atom. The van der Waals surface area contributed by atoms with Crippen LogP contribution in [0.15, 0.2) is 67.3 Å². The van der Waals surface area contributed by atoms with Gasteiger partial charge in [-0.15, -0.1) is 0 Å². The van der Waals surface area contributed by atoms with Gasteiger partial charge >= 0.3 is 0 Å². The molecule has 4 rings (SSSR count). The molecule has 2 aromatic heterocycles. The van der Waals surface area contributed by atoms with E-state index < -0.39 is 0 Å². The van der Waals surface area contributed by atoms with Gasteiger partial charge < -0.3 is 10.2 Å². The molecule has 2 amide bonds. The lowest BCUT2D eigenvalue weighted by atomic mass is 9.95. The van der Waals surface area contributed by atoms with Gasteiger partial charge in [-0.1, -0.05) is 18.2 Å². The van der Waals surface area contributed by atoms with Gasteiger partial charge in [0, 0.05) is 50.3 Å². The van der Waals surface area contributed by atoms with E-state index in [0.29, 0.717) is 38.9 Å². The molecule has 0 radical (unpaired) electrons. The molecule has 0 unspecified atom stereocenters. The number of hydrogen-bond acceptors (Lipinski definition) is 4. The van der Waals surface area contributed by atoms with Crippen molar-refractivity contribution in [1.82, 2.24) is 25.0 Å². The van der Waals surface area contributed by atoms with Gasteiger partial charge in [0.1, 0.15) is 0 Å². The molecule has 0 aliphatic carbocycles. The third-order valence-corrected chi connectivity index (χ3v) is 5.47. The van der Waals surface area contributed by atoms with Gasteiger partial charge in [0.25, 0.3) is 0 Å². The summed E-state index contributed by atoms with van der Waals surface area (Å²) in [6.07, 6.45) is 8.86. The van der Waals surface area contributed by atoms with E-state index >= 15 is 0 Å². The molecule has 1 aliphatic heterocycles. The van der Waals surface area contributed by atoms with E-state index in [-0.39, 0.29) is 17.7 Å². The number of amides is 2. The van der Waals surface area contributed by atoms with Crippen molar-refractivity contribution in [3.05, 3.63) is 78.4 Å². The number of nitrogens with zero attached hydrogens (tertiary/aromatic N) is 4. The Hall–Kier alpha value is -3.48. The van der Waals surface area contributed by atoms with E-state index in [1.54, 1.807) is 23.3 Å². The molecule has 154 valence electrons. The van der Waals surface area contributed by atoms with Crippen molar-refractivity contribution in [2.75, 3.05) is 13.1 Å². The maximum Gasteiger partial charge on any atom is 0.226 e. The Balaban J connectivity index is 1.23. The number of rotatable bonds is 6. The number of piperidine rings is 1. The van der Waals surface area contributed by atoms with E-state index in [9.17, 15) is 9.59 Å². The summed E-state index contributed by atoms with van der Waals surface area (Å²) < 4.78 is 1.79. The minimum Gasteiger partial charge on any atom is -0.352 e. The fourth-order valence-electron chi connectivity index (χ4n) is 3.70. The van der Waals surface area contributed by atoms with Crippen LogP contribution in [0.4, 0.5) is 0 Å². The maximum absolute atomic E-state index is 12.7. The molecule has 1 fully saturated rings. The van der Waals surface area contributed by atoms with Crippen molar-refractivity contribution in [2.24, 2.45) is 5.92 Å². The van der Waals surface area contributed by atoms with Crippen molar-refractivity contribution in [3.63, 3.8) is 0 Å². The predicted octanol–water partition coefficient (Wildman–Crippen LogP) is 2.36. The molecule has 0 spiro atoms. The van der Waals surface area contributed by atoms with Crippen molar-refractivity contribution >= 4 is 11.8 Å². The minimum atomic E-state index is -0.0425. The Morgan fingerprint density at radius 1 is 1.00 bits per heavy atom. The second kappa shape index (κ2) is 9.35. The van der Waals surface area contributed by atoms with Crippen LogP contribution in [-0.4, -0.2) is 44.6 Å². The van der Waals surface area contributed by atoms with Gasteiger partial charge in [-0.3, -0.25) is 14.6 Å². The first kappa shape index (κ1) is 19.8. The summed E-state index contributed by atoms with van der Waals surface area (Å²) in [6, 6.07) is 13.5. The van der Waals surface area contributed by atoms with Gasteiger partial charge in [0.15, 0.2) is 0 Å². The van der Waals surface area contributed by atoms with Crippen molar-refractivity contribution < 1.29 is 9.59 Å². The maximum atomic E-state index is 12.7. The third-order valence-electron chi connectivity index (χ3n) is 5.47. The summed E-state index contributed by atoms with van der Waals surface area (Å²) >= 11 is 0. The molecular weight excluding hydrogens is 378 g/mol. The van der Waals surface area contributed by atoms with E-state index in [4.69, 9.17) is 0 Å². The van der Waals surface area contributed by atoms with Crippen LogP contribution in [0.2, 0.25) is 0 Å². The molecule has 7 nitrogen and oxygen atoms in total. The molecule has 1 aliphatic rings. The summed E-state index contributed by atoms with van der Waals surface area (Å²) in [5.41, 5.74) is 2.93. The van der Waals surface area contributed by atoms with Gasteiger partial charge in [-0.2, -0.15) is 5.10 Å². The van der Waals surface area contributed by atoms with Gasteiger partial charge in [-0.25, -0.2) is 4.68 Å². The predicted molar refractivity (Wildman–Crippen MR) is 113 cm³/mol. The molecular formula is C23H25N5O2. The SMILES string of the molecule is O=C(NCc1cccnc1)C1CCN(C(=O)Cc2ccc(-n3cccn3)cc2)CC1. The van der Waals surface area contributed by atoms with Crippen LogP contribution < -0.4 is 5.32 Å². The highest BCUT2D eigenvalue weighted by Crippen LogP contribution is 2.19. The van der Waals surface area contributed by atoms with Crippen LogP contribution in [0.5, 0.6) is 0 Å². The Labute approximate surface area is 175 Å². The number of likely N-dealkylation sites (tertiary alicyclic amines) is 1. The fourth-order valence-corrected chi connectivity index (χ4v) is 3.70. The summed E-state index contributed by atoms with van der Waals surface area (Å²) in [5, 5.41) is 7.19. The minimum absolute atomic E-state index is 0.0425. The van der Waals surface area contributed by atoms with E-state index in [1.807, 2.05) is 53.6 Å². The van der Waals surface area contributed by atoms with E-state index in [1.165, 1.54) is 0 Å². The Kier molecular flexibility index (Phi) is 6.17. The molecule has 30 heavy (non-hydrogen) atoms. The first-order valence-corrected chi connectivity index (χ1v) is 10.2. The second-order valence-electron chi connectivity index (χ2n) is 7.53. The number of carbonyl (C=O) groups is 2. The Bertz CT molecular complexity index is 963. The third kappa shape index (κ3) is 4.92. The van der Waals surface area contributed by atoms with Crippen LogP contribution in [0, 0.1) is 5.92 Å². The number of pyridine rings is 1. The van der Waals surface area contributed by atoms with Crippen molar-refractivity contribution in [3.8, 4) is 5.69 Å². The zero-order valence-corrected chi connectivity index (χ0v) is 16.8. The fraction of sp³-hybridized carbons (Fsp3) is 0.304. The standard InChI is InChI=1S/C23H25N5O2/c29-22(15-18-4-6-21(7-5-18)28-12-2-11-26-28)27-13-8-20(9-14-27)23(30)25-17-19-3-1-10-24-16-19/h1-7,10-12,16,20H,8-9,13-15,17H2,(H,25,30). The molecule has 1 N–H and O–H groups in total. The zero-order chi connectivity index (χ0) is 20.8. The molecule has 3 aromatic rings. The zero-order valence-electron chi connectivity index (χ0n) is 16.8. The second-order valence-corrected chi connectivity index (χ2v) is 7.53. The largest absolute Gasteiger partial charge is 0.352 e. The molecule has 3 heterocycles. The lowest BCUT2D eigenvalue weighted by molar-refractivity contribution is -0.135. The number of benzene rings is 1. The van der Waals surface area contributed by atoms with E-state index in [2.05, 4.69) is 15.4 Å². The topological polar surface area (TPSA) is 80.1 Å². The summed E-state index contributed by atoms with van der Waals surface area (Å²) in [6.45, 7) is 1.73.